The summed E-state index contributed by atoms with van der Waals surface area (Å²) in [7, 11) is 0. The summed E-state index contributed by atoms with van der Waals surface area (Å²) in [6.45, 7) is 1.02. The second kappa shape index (κ2) is 3.47. The molecule has 3 rings (SSSR count). The molecule has 0 radical (unpaired) electrons. The Morgan fingerprint density at radius 2 is 2.53 bits per heavy atom. The van der Waals surface area contributed by atoms with Crippen LogP contribution < -0.4 is 5.32 Å². The molecule has 6 heteroatoms. The molecule has 0 spiro atoms. The van der Waals surface area contributed by atoms with Gasteiger partial charge >= 0.3 is 0 Å². The minimum absolute atomic E-state index is 0.241. The second-order valence-electron chi connectivity index (χ2n) is 3.55. The van der Waals surface area contributed by atoms with Crippen LogP contribution in [0.4, 0.5) is 0 Å². The molecule has 1 aliphatic heterocycles. The lowest BCUT2D eigenvalue weighted by Gasteiger charge is -2.07. The molecule has 1 aliphatic rings. The highest BCUT2D eigenvalue weighted by Gasteiger charge is 2.23. The highest BCUT2D eigenvalue weighted by molar-refractivity contribution is 5.18. The van der Waals surface area contributed by atoms with Gasteiger partial charge in [-0.3, -0.25) is 0 Å². The molecular weight excluding hydrogens is 194 g/mol. The number of rotatable bonds is 2. The number of nitrogens with zero attached hydrogens (tertiary/aromatic N) is 4. The lowest BCUT2D eigenvalue weighted by molar-refractivity contribution is 0.492. The zero-order valence-electron chi connectivity index (χ0n) is 8.13. The van der Waals surface area contributed by atoms with Gasteiger partial charge in [-0.05, 0) is 35.9 Å². The Kier molecular flexibility index (Phi) is 1.99. The molecule has 0 aliphatic carbocycles. The number of hydrogen-bond acceptors (Lipinski definition) is 5. The summed E-state index contributed by atoms with van der Waals surface area (Å²) < 4.78 is 6.91. The van der Waals surface area contributed by atoms with Crippen LogP contribution in [0.2, 0.25) is 0 Å². The first-order valence-corrected chi connectivity index (χ1v) is 5.01. The van der Waals surface area contributed by atoms with Gasteiger partial charge in [0.2, 0.25) is 5.88 Å². The van der Waals surface area contributed by atoms with Crippen molar-refractivity contribution in [3.63, 3.8) is 0 Å². The van der Waals surface area contributed by atoms with Crippen LogP contribution in [-0.4, -0.2) is 26.8 Å². The maximum Gasteiger partial charge on any atom is 0.222 e. The van der Waals surface area contributed by atoms with Crippen LogP contribution in [0.5, 0.6) is 0 Å². The Balaban J connectivity index is 1.98. The predicted octanol–water partition coefficient (Wildman–Crippen LogP) is 0.680. The molecule has 15 heavy (non-hydrogen) atoms. The maximum atomic E-state index is 5.27. The van der Waals surface area contributed by atoms with Gasteiger partial charge in [-0.2, -0.15) is 4.68 Å². The zero-order chi connectivity index (χ0) is 10.1. The third-order valence-corrected chi connectivity index (χ3v) is 2.58. The van der Waals surface area contributed by atoms with E-state index >= 15 is 0 Å². The van der Waals surface area contributed by atoms with Gasteiger partial charge in [-0.1, -0.05) is 0 Å². The lowest BCUT2D eigenvalue weighted by Crippen LogP contribution is -2.17. The van der Waals surface area contributed by atoms with E-state index in [1.165, 1.54) is 0 Å². The zero-order valence-corrected chi connectivity index (χ0v) is 8.13. The van der Waals surface area contributed by atoms with E-state index in [1.807, 2.05) is 12.1 Å². The van der Waals surface area contributed by atoms with Crippen LogP contribution in [-0.2, 0) is 0 Å². The van der Waals surface area contributed by atoms with Crippen molar-refractivity contribution in [1.82, 2.24) is 25.5 Å². The smallest absolute Gasteiger partial charge is 0.222 e. The Labute approximate surface area is 86.3 Å². The van der Waals surface area contributed by atoms with Crippen molar-refractivity contribution >= 4 is 0 Å². The molecule has 1 N–H and O–H groups in total. The first-order valence-electron chi connectivity index (χ1n) is 5.01. The highest BCUT2D eigenvalue weighted by Crippen LogP contribution is 2.22. The first-order chi connectivity index (χ1) is 7.45. The average Bonchev–Trinajstić information content (AvgIpc) is 3.01. The summed E-state index contributed by atoms with van der Waals surface area (Å²) in [6.07, 6.45) is 3.85. The van der Waals surface area contributed by atoms with Gasteiger partial charge in [0.15, 0.2) is 5.82 Å². The summed E-state index contributed by atoms with van der Waals surface area (Å²) >= 11 is 0. The highest BCUT2D eigenvalue weighted by atomic mass is 16.3. The SMILES string of the molecule is c1coc(-n2nnnc2C2CCCN2)c1. The summed E-state index contributed by atoms with van der Waals surface area (Å²) in [4.78, 5) is 0. The maximum absolute atomic E-state index is 5.27. The fourth-order valence-corrected chi connectivity index (χ4v) is 1.86. The van der Waals surface area contributed by atoms with Crippen molar-refractivity contribution in [3.05, 3.63) is 24.2 Å². The van der Waals surface area contributed by atoms with E-state index in [2.05, 4.69) is 20.8 Å². The number of aromatic nitrogens is 4. The molecular formula is C9H11N5O. The van der Waals surface area contributed by atoms with E-state index in [0.717, 1.165) is 25.2 Å². The molecule has 0 amide bonds. The Hall–Kier alpha value is -1.69. The minimum atomic E-state index is 0.241. The van der Waals surface area contributed by atoms with Crippen LogP contribution in [0, 0.1) is 0 Å². The largest absolute Gasteiger partial charge is 0.447 e. The monoisotopic (exact) mass is 205 g/mol. The molecule has 2 aromatic heterocycles. The first kappa shape index (κ1) is 8.60. The minimum Gasteiger partial charge on any atom is -0.447 e. The molecule has 3 heterocycles. The van der Waals surface area contributed by atoms with Gasteiger partial charge in [-0.25, -0.2) is 0 Å². The van der Waals surface area contributed by atoms with Crippen molar-refractivity contribution in [1.29, 1.82) is 0 Å². The van der Waals surface area contributed by atoms with E-state index in [0.29, 0.717) is 5.88 Å². The number of furan rings is 1. The molecule has 0 aromatic carbocycles. The number of nitrogens with one attached hydrogen (secondary N) is 1. The Bertz CT molecular complexity index is 429. The summed E-state index contributed by atoms with van der Waals surface area (Å²) in [5.74, 6) is 1.48. The van der Waals surface area contributed by atoms with E-state index in [-0.39, 0.29) is 6.04 Å². The summed E-state index contributed by atoms with van der Waals surface area (Å²) in [5.41, 5.74) is 0. The quantitative estimate of drug-likeness (QED) is 0.780. The fourth-order valence-electron chi connectivity index (χ4n) is 1.86. The van der Waals surface area contributed by atoms with E-state index in [9.17, 15) is 0 Å². The average molecular weight is 205 g/mol. The second-order valence-corrected chi connectivity index (χ2v) is 3.55. The third-order valence-electron chi connectivity index (χ3n) is 2.58. The standard InChI is InChI=1S/C9H11N5O/c1-3-7(10-5-1)9-11-12-13-14(9)8-4-2-6-15-8/h2,4,6-7,10H,1,3,5H2. The van der Waals surface area contributed by atoms with Gasteiger partial charge in [0.05, 0.1) is 12.3 Å². The van der Waals surface area contributed by atoms with Gasteiger partial charge < -0.3 is 9.73 Å². The van der Waals surface area contributed by atoms with E-state index in [4.69, 9.17) is 4.42 Å². The number of tetrazole rings is 1. The third kappa shape index (κ3) is 1.42. The molecule has 1 saturated heterocycles. The Morgan fingerprint density at radius 1 is 1.53 bits per heavy atom. The molecule has 0 saturated carbocycles. The molecule has 78 valence electrons. The van der Waals surface area contributed by atoms with Crippen LogP contribution in [0.25, 0.3) is 5.88 Å². The van der Waals surface area contributed by atoms with Crippen LogP contribution >= 0.6 is 0 Å². The van der Waals surface area contributed by atoms with Crippen LogP contribution in [0.3, 0.4) is 0 Å². The molecule has 6 nitrogen and oxygen atoms in total. The van der Waals surface area contributed by atoms with Crippen molar-refractivity contribution in [2.75, 3.05) is 6.54 Å². The summed E-state index contributed by atoms with van der Waals surface area (Å²) in [6, 6.07) is 3.91. The fraction of sp³-hybridized carbons (Fsp3) is 0.444. The summed E-state index contributed by atoms with van der Waals surface area (Å²) in [5, 5.41) is 15.0. The van der Waals surface area contributed by atoms with Gasteiger partial charge in [0, 0.05) is 6.07 Å². The van der Waals surface area contributed by atoms with Crippen LogP contribution in [0.1, 0.15) is 24.7 Å². The van der Waals surface area contributed by atoms with Gasteiger partial charge in [-0.15, -0.1) is 5.10 Å². The van der Waals surface area contributed by atoms with Crippen molar-refractivity contribution in [3.8, 4) is 5.88 Å². The molecule has 1 fully saturated rings. The molecule has 2 aromatic rings. The normalized spacial score (nSPS) is 20.9. The van der Waals surface area contributed by atoms with Gasteiger partial charge in [0.1, 0.15) is 0 Å². The van der Waals surface area contributed by atoms with E-state index in [1.54, 1.807) is 10.9 Å². The molecule has 0 bridgehead atoms. The molecule has 1 atom stereocenters. The van der Waals surface area contributed by atoms with E-state index < -0.39 is 0 Å². The lowest BCUT2D eigenvalue weighted by atomic mass is 10.2. The number of hydrogen-bond donors (Lipinski definition) is 1. The van der Waals surface area contributed by atoms with Crippen molar-refractivity contribution in [2.45, 2.75) is 18.9 Å². The molecule has 1 unspecified atom stereocenters. The van der Waals surface area contributed by atoms with Gasteiger partial charge in [0.25, 0.3) is 0 Å². The van der Waals surface area contributed by atoms with Crippen molar-refractivity contribution in [2.24, 2.45) is 0 Å². The topological polar surface area (TPSA) is 68.8 Å². The van der Waals surface area contributed by atoms with Crippen LogP contribution in [0.15, 0.2) is 22.8 Å². The Morgan fingerprint density at radius 3 is 3.27 bits per heavy atom. The predicted molar refractivity (Wildman–Crippen MR) is 51.4 cm³/mol. The van der Waals surface area contributed by atoms with Crippen molar-refractivity contribution < 1.29 is 4.42 Å².